The molecule has 1 aliphatic heterocycles. The van der Waals surface area contributed by atoms with E-state index in [1.54, 1.807) is 18.3 Å². The molecule has 1 aromatic heterocycles. The molecule has 0 radical (unpaired) electrons. The lowest BCUT2D eigenvalue weighted by Gasteiger charge is -2.28. The minimum Gasteiger partial charge on any atom is -0.365 e. The first-order valence-corrected chi connectivity index (χ1v) is 4.22. The maximum atomic E-state index is 8.65. The van der Waals surface area contributed by atoms with Crippen molar-refractivity contribution in [1.82, 2.24) is 10.3 Å². The summed E-state index contributed by atoms with van der Waals surface area (Å²) in [5, 5.41) is 15.0. The zero-order valence-electron chi connectivity index (χ0n) is 7.12. The van der Waals surface area contributed by atoms with Gasteiger partial charge < -0.3 is 10.6 Å². The SMILES string of the molecule is N#Cc1ccnc(NC2CNC2)c1. The molecule has 0 aliphatic carbocycles. The smallest absolute Gasteiger partial charge is 0.127 e. The van der Waals surface area contributed by atoms with Crippen LogP contribution in [-0.4, -0.2) is 24.1 Å². The summed E-state index contributed by atoms with van der Waals surface area (Å²) in [6, 6.07) is 6.00. The van der Waals surface area contributed by atoms with Gasteiger partial charge >= 0.3 is 0 Å². The lowest BCUT2D eigenvalue weighted by Crippen LogP contribution is -2.51. The van der Waals surface area contributed by atoms with Crippen molar-refractivity contribution < 1.29 is 0 Å². The summed E-state index contributed by atoms with van der Waals surface area (Å²) in [4.78, 5) is 4.12. The summed E-state index contributed by atoms with van der Waals surface area (Å²) in [6.07, 6.45) is 1.65. The average molecular weight is 174 g/mol. The van der Waals surface area contributed by atoms with Crippen LogP contribution in [0.3, 0.4) is 0 Å². The molecule has 1 aromatic rings. The van der Waals surface area contributed by atoms with Gasteiger partial charge in [-0.2, -0.15) is 5.26 Å². The summed E-state index contributed by atoms with van der Waals surface area (Å²) in [7, 11) is 0. The molecule has 2 N–H and O–H groups in total. The van der Waals surface area contributed by atoms with E-state index in [2.05, 4.69) is 21.7 Å². The van der Waals surface area contributed by atoms with Gasteiger partial charge in [0.15, 0.2) is 0 Å². The highest BCUT2D eigenvalue weighted by atomic mass is 15.1. The molecule has 4 heteroatoms. The zero-order valence-corrected chi connectivity index (χ0v) is 7.12. The van der Waals surface area contributed by atoms with Crippen LogP contribution in [0.25, 0.3) is 0 Å². The molecule has 2 heterocycles. The molecule has 0 saturated carbocycles. The van der Waals surface area contributed by atoms with Crippen LogP contribution in [0.4, 0.5) is 5.82 Å². The van der Waals surface area contributed by atoms with E-state index in [9.17, 15) is 0 Å². The van der Waals surface area contributed by atoms with Crippen LogP contribution in [0, 0.1) is 11.3 Å². The van der Waals surface area contributed by atoms with Crippen molar-refractivity contribution in [2.75, 3.05) is 18.4 Å². The van der Waals surface area contributed by atoms with Gasteiger partial charge in [-0.1, -0.05) is 0 Å². The summed E-state index contributed by atoms with van der Waals surface area (Å²) in [5.41, 5.74) is 0.643. The lowest BCUT2D eigenvalue weighted by molar-refractivity contribution is 0.471. The number of anilines is 1. The number of aromatic nitrogens is 1. The molecule has 66 valence electrons. The standard InChI is InChI=1S/C9H10N4/c10-4-7-1-2-12-9(3-7)13-8-5-11-6-8/h1-3,8,11H,5-6H2,(H,12,13). The van der Waals surface area contributed by atoms with Crippen LogP contribution in [0.5, 0.6) is 0 Å². The van der Waals surface area contributed by atoms with Crippen molar-refractivity contribution in [3.05, 3.63) is 23.9 Å². The Kier molecular flexibility index (Phi) is 2.11. The maximum Gasteiger partial charge on any atom is 0.127 e. The van der Waals surface area contributed by atoms with Gasteiger partial charge in [-0.05, 0) is 12.1 Å². The Labute approximate surface area is 76.6 Å². The van der Waals surface area contributed by atoms with Crippen molar-refractivity contribution in [2.24, 2.45) is 0 Å². The molecule has 1 aliphatic rings. The number of nitriles is 1. The summed E-state index contributed by atoms with van der Waals surface area (Å²) in [5.74, 6) is 0.783. The Morgan fingerprint density at radius 3 is 3.08 bits per heavy atom. The third-order valence-electron chi connectivity index (χ3n) is 2.02. The molecule has 0 unspecified atom stereocenters. The minimum absolute atomic E-state index is 0.460. The summed E-state index contributed by atoms with van der Waals surface area (Å²) < 4.78 is 0. The van der Waals surface area contributed by atoms with E-state index in [0.29, 0.717) is 11.6 Å². The Bertz CT molecular complexity index is 338. The fourth-order valence-corrected chi connectivity index (χ4v) is 1.18. The molecule has 13 heavy (non-hydrogen) atoms. The van der Waals surface area contributed by atoms with Gasteiger partial charge in [0.2, 0.25) is 0 Å². The van der Waals surface area contributed by atoms with Crippen LogP contribution in [0.1, 0.15) is 5.56 Å². The molecule has 0 spiro atoms. The quantitative estimate of drug-likeness (QED) is 0.678. The number of hydrogen-bond acceptors (Lipinski definition) is 4. The van der Waals surface area contributed by atoms with E-state index in [1.807, 2.05) is 0 Å². The van der Waals surface area contributed by atoms with Crippen molar-refractivity contribution in [3.8, 4) is 6.07 Å². The van der Waals surface area contributed by atoms with Crippen LogP contribution in [-0.2, 0) is 0 Å². The van der Waals surface area contributed by atoms with Gasteiger partial charge in [-0.15, -0.1) is 0 Å². The number of nitrogens with zero attached hydrogens (tertiary/aromatic N) is 2. The van der Waals surface area contributed by atoms with E-state index in [0.717, 1.165) is 18.9 Å². The highest BCUT2D eigenvalue weighted by Crippen LogP contribution is 2.08. The molecule has 0 amide bonds. The van der Waals surface area contributed by atoms with Gasteiger partial charge in [0.05, 0.1) is 17.7 Å². The van der Waals surface area contributed by atoms with Crippen LogP contribution < -0.4 is 10.6 Å². The van der Waals surface area contributed by atoms with Crippen LogP contribution in [0.2, 0.25) is 0 Å². The first-order chi connectivity index (χ1) is 6.38. The largest absolute Gasteiger partial charge is 0.365 e. The third kappa shape index (κ3) is 1.76. The van der Waals surface area contributed by atoms with Crippen molar-refractivity contribution >= 4 is 5.82 Å². The van der Waals surface area contributed by atoms with E-state index in [4.69, 9.17) is 5.26 Å². The average Bonchev–Trinajstić information content (AvgIpc) is 2.12. The van der Waals surface area contributed by atoms with E-state index in [1.165, 1.54) is 0 Å². The topological polar surface area (TPSA) is 60.7 Å². The van der Waals surface area contributed by atoms with Crippen molar-refractivity contribution in [1.29, 1.82) is 5.26 Å². The Hall–Kier alpha value is -1.60. The molecule has 0 atom stereocenters. The van der Waals surface area contributed by atoms with Gasteiger partial charge in [-0.25, -0.2) is 4.98 Å². The third-order valence-corrected chi connectivity index (χ3v) is 2.02. The summed E-state index contributed by atoms with van der Waals surface area (Å²) >= 11 is 0. The molecule has 2 rings (SSSR count). The monoisotopic (exact) mass is 174 g/mol. The van der Waals surface area contributed by atoms with Crippen LogP contribution in [0.15, 0.2) is 18.3 Å². The predicted molar refractivity (Wildman–Crippen MR) is 49.2 cm³/mol. The van der Waals surface area contributed by atoms with Gasteiger partial charge in [0.1, 0.15) is 5.82 Å². The predicted octanol–water partition coefficient (Wildman–Crippen LogP) is 0.337. The van der Waals surface area contributed by atoms with Crippen molar-refractivity contribution in [2.45, 2.75) is 6.04 Å². The highest BCUT2D eigenvalue weighted by Gasteiger charge is 2.16. The Balaban J connectivity index is 2.07. The van der Waals surface area contributed by atoms with Gasteiger partial charge in [0, 0.05) is 19.3 Å². The lowest BCUT2D eigenvalue weighted by atomic mass is 10.2. The second-order valence-corrected chi connectivity index (χ2v) is 3.04. The number of rotatable bonds is 2. The first kappa shape index (κ1) is 8.02. The zero-order chi connectivity index (χ0) is 9.10. The number of pyridine rings is 1. The Morgan fingerprint density at radius 1 is 1.62 bits per heavy atom. The molecule has 4 nitrogen and oxygen atoms in total. The van der Waals surface area contributed by atoms with E-state index < -0.39 is 0 Å². The Morgan fingerprint density at radius 2 is 2.46 bits per heavy atom. The van der Waals surface area contributed by atoms with Crippen molar-refractivity contribution in [3.63, 3.8) is 0 Å². The molecule has 0 bridgehead atoms. The molecular formula is C9H10N4. The van der Waals surface area contributed by atoms with Crippen LogP contribution >= 0.6 is 0 Å². The fraction of sp³-hybridized carbons (Fsp3) is 0.333. The second kappa shape index (κ2) is 3.42. The molecular weight excluding hydrogens is 164 g/mol. The second-order valence-electron chi connectivity index (χ2n) is 3.04. The molecule has 1 fully saturated rings. The normalized spacial score (nSPS) is 15.9. The number of hydrogen-bond donors (Lipinski definition) is 2. The minimum atomic E-state index is 0.460. The highest BCUT2D eigenvalue weighted by molar-refractivity contribution is 5.43. The van der Waals surface area contributed by atoms with Gasteiger partial charge in [0.25, 0.3) is 0 Å². The first-order valence-electron chi connectivity index (χ1n) is 4.22. The van der Waals surface area contributed by atoms with E-state index in [-0.39, 0.29) is 0 Å². The molecule has 1 saturated heterocycles. The van der Waals surface area contributed by atoms with Gasteiger partial charge in [-0.3, -0.25) is 0 Å². The maximum absolute atomic E-state index is 8.65. The fourth-order valence-electron chi connectivity index (χ4n) is 1.18. The molecule has 0 aromatic carbocycles. The number of nitrogens with one attached hydrogen (secondary N) is 2. The van der Waals surface area contributed by atoms with E-state index >= 15 is 0 Å². The summed E-state index contributed by atoms with van der Waals surface area (Å²) in [6.45, 7) is 1.94.